The van der Waals surface area contributed by atoms with Crippen molar-refractivity contribution in [1.29, 1.82) is 0 Å². The maximum Gasteiger partial charge on any atom is 0.306 e. The standard InChI is InChI=1S/C15H20O2/c1-10(11(2)15(16)17)12-6-8-14(9-7-12)13-4-3-5-13/h6-11,13H,3-5H2,1-2H3,(H,16,17). The van der Waals surface area contributed by atoms with Crippen LogP contribution in [0.1, 0.15) is 56.1 Å². The molecule has 0 spiro atoms. The topological polar surface area (TPSA) is 37.3 Å². The van der Waals surface area contributed by atoms with E-state index in [9.17, 15) is 4.79 Å². The quantitative estimate of drug-likeness (QED) is 0.857. The Bertz CT molecular complexity index is 390. The molecule has 1 saturated carbocycles. The molecule has 0 saturated heterocycles. The molecule has 92 valence electrons. The zero-order valence-corrected chi connectivity index (χ0v) is 10.5. The van der Waals surface area contributed by atoms with Gasteiger partial charge in [-0.2, -0.15) is 0 Å². The van der Waals surface area contributed by atoms with Crippen LogP contribution in [0.4, 0.5) is 0 Å². The van der Waals surface area contributed by atoms with Gasteiger partial charge < -0.3 is 5.11 Å². The van der Waals surface area contributed by atoms with Gasteiger partial charge in [-0.15, -0.1) is 0 Å². The lowest BCUT2D eigenvalue weighted by molar-refractivity contribution is -0.141. The predicted molar refractivity (Wildman–Crippen MR) is 68.2 cm³/mol. The zero-order chi connectivity index (χ0) is 12.4. The first-order valence-electron chi connectivity index (χ1n) is 6.42. The monoisotopic (exact) mass is 232 g/mol. The van der Waals surface area contributed by atoms with E-state index in [1.807, 2.05) is 6.92 Å². The second kappa shape index (κ2) is 4.91. The van der Waals surface area contributed by atoms with Crippen LogP contribution in [-0.4, -0.2) is 11.1 Å². The second-order valence-electron chi connectivity index (χ2n) is 5.21. The minimum absolute atomic E-state index is 0.0722. The van der Waals surface area contributed by atoms with Gasteiger partial charge in [0.1, 0.15) is 0 Å². The first-order chi connectivity index (χ1) is 8.09. The fourth-order valence-corrected chi connectivity index (χ4v) is 2.32. The van der Waals surface area contributed by atoms with Crippen LogP contribution in [0.2, 0.25) is 0 Å². The van der Waals surface area contributed by atoms with Crippen LogP contribution in [0.5, 0.6) is 0 Å². The predicted octanol–water partition coefficient (Wildman–Crippen LogP) is 3.78. The molecule has 2 unspecified atom stereocenters. The highest BCUT2D eigenvalue weighted by Gasteiger charge is 2.22. The average molecular weight is 232 g/mol. The first kappa shape index (κ1) is 12.2. The molecule has 0 radical (unpaired) electrons. The largest absolute Gasteiger partial charge is 0.481 e. The summed E-state index contributed by atoms with van der Waals surface area (Å²) in [4.78, 5) is 10.9. The van der Waals surface area contributed by atoms with Crippen molar-refractivity contribution in [2.75, 3.05) is 0 Å². The highest BCUT2D eigenvalue weighted by Crippen LogP contribution is 2.37. The van der Waals surface area contributed by atoms with Gasteiger partial charge in [-0.3, -0.25) is 4.79 Å². The molecular formula is C15H20O2. The fourth-order valence-electron chi connectivity index (χ4n) is 2.32. The van der Waals surface area contributed by atoms with Gasteiger partial charge in [0.25, 0.3) is 0 Å². The Hall–Kier alpha value is -1.31. The van der Waals surface area contributed by atoms with Crippen molar-refractivity contribution in [3.8, 4) is 0 Å². The summed E-state index contributed by atoms with van der Waals surface area (Å²) in [7, 11) is 0. The fraction of sp³-hybridized carbons (Fsp3) is 0.533. The molecule has 2 heteroatoms. The van der Waals surface area contributed by atoms with Crippen molar-refractivity contribution in [1.82, 2.24) is 0 Å². The number of hydrogen-bond donors (Lipinski definition) is 1. The number of benzene rings is 1. The molecule has 2 rings (SSSR count). The van der Waals surface area contributed by atoms with Crippen LogP contribution >= 0.6 is 0 Å². The Morgan fingerprint density at radius 3 is 2.24 bits per heavy atom. The van der Waals surface area contributed by atoms with E-state index >= 15 is 0 Å². The molecule has 1 N–H and O–H groups in total. The highest BCUT2D eigenvalue weighted by molar-refractivity contribution is 5.70. The molecular weight excluding hydrogens is 212 g/mol. The van der Waals surface area contributed by atoms with Gasteiger partial charge in [-0.05, 0) is 35.8 Å². The molecule has 0 aromatic heterocycles. The van der Waals surface area contributed by atoms with Crippen molar-refractivity contribution in [2.45, 2.75) is 44.9 Å². The van der Waals surface area contributed by atoms with Crippen LogP contribution < -0.4 is 0 Å². The van der Waals surface area contributed by atoms with Gasteiger partial charge in [-0.1, -0.05) is 44.5 Å². The molecule has 2 nitrogen and oxygen atoms in total. The van der Waals surface area contributed by atoms with Crippen molar-refractivity contribution in [3.63, 3.8) is 0 Å². The van der Waals surface area contributed by atoms with Crippen LogP contribution in [0, 0.1) is 5.92 Å². The number of hydrogen-bond acceptors (Lipinski definition) is 1. The number of rotatable bonds is 4. The van der Waals surface area contributed by atoms with E-state index in [4.69, 9.17) is 5.11 Å². The van der Waals surface area contributed by atoms with Crippen LogP contribution in [0.15, 0.2) is 24.3 Å². The summed E-state index contributed by atoms with van der Waals surface area (Å²) in [6.07, 6.45) is 3.96. The van der Waals surface area contributed by atoms with E-state index in [0.29, 0.717) is 0 Å². The summed E-state index contributed by atoms with van der Waals surface area (Å²) in [5.74, 6) is -0.232. The van der Waals surface area contributed by atoms with E-state index in [-0.39, 0.29) is 11.8 Å². The third-order valence-corrected chi connectivity index (χ3v) is 4.18. The Morgan fingerprint density at radius 1 is 1.24 bits per heavy atom. The number of carboxylic acid groups (broad SMARTS) is 1. The van der Waals surface area contributed by atoms with E-state index in [1.54, 1.807) is 6.92 Å². The lowest BCUT2D eigenvalue weighted by Gasteiger charge is -2.26. The molecule has 0 heterocycles. The summed E-state index contributed by atoms with van der Waals surface area (Å²) >= 11 is 0. The smallest absolute Gasteiger partial charge is 0.306 e. The molecule has 1 aromatic rings. The molecule has 2 atom stereocenters. The van der Waals surface area contributed by atoms with E-state index in [0.717, 1.165) is 11.5 Å². The third-order valence-electron chi connectivity index (χ3n) is 4.18. The molecule has 1 aromatic carbocycles. The van der Waals surface area contributed by atoms with E-state index < -0.39 is 5.97 Å². The third kappa shape index (κ3) is 2.51. The first-order valence-corrected chi connectivity index (χ1v) is 6.42. The maximum absolute atomic E-state index is 10.9. The average Bonchev–Trinajstić information content (AvgIpc) is 2.25. The van der Waals surface area contributed by atoms with Gasteiger partial charge in [0.15, 0.2) is 0 Å². The van der Waals surface area contributed by atoms with Gasteiger partial charge in [0.2, 0.25) is 0 Å². The second-order valence-corrected chi connectivity index (χ2v) is 5.21. The maximum atomic E-state index is 10.9. The van der Waals surface area contributed by atoms with Crippen LogP contribution in [0.3, 0.4) is 0 Å². The molecule has 0 aliphatic heterocycles. The van der Waals surface area contributed by atoms with Crippen molar-refractivity contribution in [2.24, 2.45) is 5.92 Å². The number of aliphatic carboxylic acids is 1. The van der Waals surface area contributed by atoms with Gasteiger partial charge in [0, 0.05) is 0 Å². The summed E-state index contributed by atoms with van der Waals surface area (Å²) in [6, 6.07) is 8.53. The number of carbonyl (C=O) groups is 1. The summed E-state index contributed by atoms with van der Waals surface area (Å²) in [5.41, 5.74) is 2.54. The van der Waals surface area contributed by atoms with Gasteiger partial charge in [-0.25, -0.2) is 0 Å². The summed E-state index contributed by atoms with van der Waals surface area (Å²) < 4.78 is 0. The molecule has 1 fully saturated rings. The van der Waals surface area contributed by atoms with Crippen LogP contribution in [0.25, 0.3) is 0 Å². The van der Waals surface area contributed by atoms with Crippen molar-refractivity contribution >= 4 is 5.97 Å². The Balaban J connectivity index is 2.08. The molecule has 1 aliphatic carbocycles. The van der Waals surface area contributed by atoms with E-state index in [2.05, 4.69) is 24.3 Å². The normalized spacial score (nSPS) is 19.4. The minimum Gasteiger partial charge on any atom is -0.481 e. The SMILES string of the molecule is CC(C(=O)O)C(C)c1ccc(C2CCC2)cc1. The Morgan fingerprint density at radius 2 is 1.82 bits per heavy atom. The highest BCUT2D eigenvalue weighted by atomic mass is 16.4. The molecule has 0 bridgehead atoms. The van der Waals surface area contributed by atoms with E-state index in [1.165, 1.54) is 24.8 Å². The molecule has 17 heavy (non-hydrogen) atoms. The number of carboxylic acids is 1. The summed E-state index contributed by atoms with van der Waals surface area (Å²) in [5, 5.41) is 9.00. The molecule has 1 aliphatic rings. The minimum atomic E-state index is -0.722. The van der Waals surface area contributed by atoms with Gasteiger partial charge in [0.05, 0.1) is 5.92 Å². The molecule has 0 amide bonds. The zero-order valence-electron chi connectivity index (χ0n) is 10.5. The lowest BCUT2D eigenvalue weighted by atomic mass is 9.79. The Kier molecular flexibility index (Phi) is 3.51. The van der Waals surface area contributed by atoms with Crippen molar-refractivity contribution < 1.29 is 9.90 Å². The van der Waals surface area contributed by atoms with Crippen molar-refractivity contribution in [3.05, 3.63) is 35.4 Å². The van der Waals surface area contributed by atoms with Crippen LogP contribution in [-0.2, 0) is 4.79 Å². The van der Waals surface area contributed by atoms with Gasteiger partial charge >= 0.3 is 5.97 Å². The lowest BCUT2D eigenvalue weighted by Crippen LogP contribution is -2.16. The summed E-state index contributed by atoms with van der Waals surface area (Å²) in [6.45, 7) is 3.75. The Labute approximate surface area is 103 Å².